The molecule has 0 aromatic carbocycles. The fraction of sp³-hybridized carbons (Fsp3) is 0.706. The van der Waals surface area contributed by atoms with Crippen LogP contribution in [0.2, 0.25) is 0 Å². The number of rotatable bonds is 5. The number of hydrogen-bond donors (Lipinski definition) is 1. The van der Waals surface area contributed by atoms with Crippen LogP contribution in [-0.4, -0.2) is 55.7 Å². The van der Waals surface area contributed by atoms with E-state index in [0.29, 0.717) is 57.4 Å². The van der Waals surface area contributed by atoms with Gasteiger partial charge in [0.15, 0.2) is 5.79 Å². The zero-order chi connectivity index (χ0) is 19.1. The van der Waals surface area contributed by atoms with Crippen molar-refractivity contribution in [2.24, 2.45) is 0 Å². The van der Waals surface area contributed by atoms with Crippen molar-refractivity contribution in [3.8, 4) is 0 Å². The average molecular weight is 397 g/mol. The maximum atomic E-state index is 12.7. The van der Waals surface area contributed by atoms with E-state index in [0.717, 1.165) is 0 Å². The number of anilines is 1. The third-order valence-corrected chi connectivity index (χ3v) is 7.41. The lowest BCUT2D eigenvalue weighted by Crippen LogP contribution is -2.47. The van der Waals surface area contributed by atoms with Crippen LogP contribution >= 0.6 is 0 Å². The lowest BCUT2D eigenvalue weighted by molar-refractivity contribution is -0.190. The first-order valence-electron chi connectivity index (χ1n) is 9.11. The van der Waals surface area contributed by atoms with Crippen molar-refractivity contribution in [2.45, 2.75) is 55.0 Å². The van der Waals surface area contributed by atoms with E-state index >= 15 is 0 Å². The van der Waals surface area contributed by atoms with Crippen LogP contribution < -0.4 is 4.72 Å². The molecule has 2 saturated carbocycles. The van der Waals surface area contributed by atoms with Gasteiger partial charge in [-0.15, -0.1) is 0 Å². The molecule has 0 radical (unpaired) electrons. The summed E-state index contributed by atoms with van der Waals surface area (Å²) in [5.41, 5.74) is -0.524. The second-order valence-electron chi connectivity index (χ2n) is 7.29. The van der Waals surface area contributed by atoms with Crippen LogP contribution in [0, 0.1) is 0 Å². The van der Waals surface area contributed by atoms with E-state index in [9.17, 15) is 13.2 Å². The summed E-state index contributed by atoms with van der Waals surface area (Å²) in [4.78, 5) is 21.1. The van der Waals surface area contributed by atoms with Crippen molar-refractivity contribution in [1.29, 1.82) is 0 Å². The minimum Gasteiger partial charge on any atom is -0.468 e. The predicted molar refractivity (Wildman–Crippen MR) is 94.4 cm³/mol. The van der Waals surface area contributed by atoms with Gasteiger partial charge in [0.1, 0.15) is 5.41 Å². The lowest BCUT2D eigenvalue weighted by Gasteiger charge is -2.41. The van der Waals surface area contributed by atoms with Crippen molar-refractivity contribution in [3.63, 3.8) is 0 Å². The quantitative estimate of drug-likeness (QED) is 0.735. The molecule has 148 valence electrons. The van der Waals surface area contributed by atoms with Gasteiger partial charge in [0.2, 0.25) is 16.0 Å². The Kier molecular flexibility index (Phi) is 4.59. The largest absolute Gasteiger partial charge is 0.468 e. The molecule has 1 saturated heterocycles. The SMILES string of the molecule is COC(=O)C1(c2ccnc(NS(=O)(=O)C3CC3)n2)CCC2(CC1)OCCO2. The van der Waals surface area contributed by atoms with Gasteiger partial charge in [-0.25, -0.2) is 18.4 Å². The van der Waals surface area contributed by atoms with Gasteiger partial charge >= 0.3 is 5.97 Å². The smallest absolute Gasteiger partial charge is 0.317 e. The zero-order valence-corrected chi connectivity index (χ0v) is 16.0. The Bertz CT molecular complexity index is 823. The van der Waals surface area contributed by atoms with E-state index in [4.69, 9.17) is 14.2 Å². The highest BCUT2D eigenvalue weighted by atomic mass is 32.2. The molecule has 1 aromatic rings. The highest BCUT2D eigenvalue weighted by molar-refractivity contribution is 7.93. The van der Waals surface area contributed by atoms with Gasteiger partial charge in [-0.3, -0.25) is 9.52 Å². The highest BCUT2D eigenvalue weighted by Gasteiger charge is 2.52. The van der Waals surface area contributed by atoms with Gasteiger partial charge in [0.05, 0.1) is 31.3 Å². The maximum Gasteiger partial charge on any atom is 0.317 e. The molecule has 1 aliphatic heterocycles. The van der Waals surface area contributed by atoms with Crippen LogP contribution in [0.3, 0.4) is 0 Å². The summed E-state index contributed by atoms with van der Waals surface area (Å²) in [7, 11) is -2.14. The van der Waals surface area contributed by atoms with Crippen LogP contribution in [0.5, 0.6) is 0 Å². The van der Waals surface area contributed by atoms with Crippen LogP contribution in [0.25, 0.3) is 0 Å². The van der Waals surface area contributed by atoms with E-state index in [1.165, 1.54) is 13.3 Å². The number of hydrogen-bond acceptors (Lipinski definition) is 8. The lowest BCUT2D eigenvalue weighted by atomic mass is 9.69. The van der Waals surface area contributed by atoms with Gasteiger partial charge in [-0.2, -0.15) is 0 Å². The molecule has 27 heavy (non-hydrogen) atoms. The number of esters is 1. The van der Waals surface area contributed by atoms with E-state index < -0.39 is 27.2 Å². The second-order valence-corrected chi connectivity index (χ2v) is 9.25. The minimum atomic E-state index is -3.48. The zero-order valence-electron chi connectivity index (χ0n) is 15.1. The minimum absolute atomic E-state index is 0.0173. The number of sulfonamides is 1. The van der Waals surface area contributed by atoms with Crippen molar-refractivity contribution in [1.82, 2.24) is 9.97 Å². The number of carbonyl (C=O) groups is 1. The summed E-state index contributed by atoms with van der Waals surface area (Å²) in [6, 6.07) is 1.64. The Morgan fingerprint density at radius 2 is 1.89 bits per heavy atom. The second kappa shape index (κ2) is 6.68. The van der Waals surface area contributed by atoms with E-state index in [1.807, 2.05) is 0 Å². The Morgan fingerprint density at radius 1 is 1.22 bits per heavy atom. The fourth-order valence-electron chi connectivity index (χ4n) is 3.87. The van der Waals surface area contributed by atoms with E-state index in [-0.39, 0.29) is 11.2 Å². The monoisotopic (exact) mass is 397 g/mol. The first-order chi connectivity index (χ1) is 12.9. The topological polar surface area (TPSA) is 117 Å². The molecular formula is C17H23N3O6S. The van der Waals surface area contributed by atoms with Crippen molar-refractivity contribution in [2.75, 3.05) is 25.0 Å². The molecule has 3 fully saturated rings. The summed E-state index contributed by atoms with van der Waals surface area (Å²) in [6.07, 6.45) is 4.69. The molecule has 9 nitrogen and oxygen atoms in total. The predicted octanol–water partition coefficient (Wildman–Crippen LogP) is 1.11. The molecule has 4 rings (SSSR count). The molecule has 0 amide bonds. The van der Waals surface area contributed by atoms with Gasteiger partial charge in [0, 0.05) is 19.0 Å². The van der Waals surface area contributed by atoms with Crippen molar-refractivity contribution >= 4 is 21.9 Å². The molecule has 2 aliphatic carbocycles. The third kappa shape index (κ3) is 3.41. The normalized spacial score (nSPS) is 23.9. The summed E-state index contributed by atoms with van der Waals surface area (Å²) in [5, 5.41) is -0.384. The Balaban J connectivity index is 1.61. The molecule has 3 aliphatic rings. The van der Waals surface area contributed by atoms with Gasteiger partial charge in [-0.1, -0.05) is 0 Å². The molecule has 2 heterocycles. The van der Waals surface area contributed by atoms with Gasteiger partial charge in [-0.05, 0) is 31.7 Å². The molecule has 1 N–H and O–H groups in total. The number of methoxy groups -OCH3 is 1. The Morgan fingerprint density at radius 3 is 2.48 bits per heavy atom. The van der Waals surface area contributed by atoms with Crippen LogP contribution in [0.4, 0.5) is 5.95 Å². The maximum absolute atomic E-state index is 12.7. The summed E-state index contributed by atoms with van der Waals surface area (Å²) in [6.45, 7) is 1.09. The molecule has 1 aromatic heterocycles. The van der Waals surface area contributed by atoms with Crippen LogP contribution in [0.15, 0.2) is 12.3 Å². The molecular weight excluding hydrogens is 374 g/mol. The first-order valence-corrected chi connectivity index (χ1v) is 10.7. The Hall–Kier alpha value is -1.78. The number of aromatic nitrogens is 2. The molecule has 0 bridgehead atoms. The highest BCUT2D eigenvalue weighted by Crippen LogP contribution is 2.46. The first kappa shape index (κ1) is 18.6. The fourth-order valence-corrected chi connectivity index (χ4v) is 5.14. The summed E-state index contributed by atoms with van der Waals surface area (Å²) < 4.78 is 43.3. The van der Waals surface area contributed by atoms with Crippen molar-refractivity contribution in [3.05, 3.63) is 18.0 Å². The van der Waals surface area contributed by atoms with Crippen LogP contribution in [-0.2, 0) is 34.4 Å². The Labute approximate surface area is 157 Å². The van der Waals surface area contributed by atoms with Gasteiger partial charge in [0.25, 0.3) is 0 Å². The van der Waals surface area contributed by atoms with E-state index in [2.05, 4.69) is 14.7 Å². The van der Waals surface area contributed by atoms with Gasteiger partial charge < -0.3 is 14.2 Å². The van der Waals surface area contributed by atoms with E-state index in [1.54, 1.807) is 6.07 Å². The molecule has 1 spiro atoms. The number of nitrogens with one attached hydrogen (secondary N) is 1. The summed E-state index contributed by atoms with van der Waals surface area (Å²) in [5.74, 6) is -1.05. The summed E-state index contributed by atoms with van der Waals surface area (Å²) >= 11 is 0. The molecule has 0 atom stereocenters. The molecule has 10 heteroatoms. The average Bonchev–Trinajstić information content (AvgIpc) is 3.44. The number of carbonyl (C=O) groups excluding carboxylic acids is 1. The third-order valence-electron chi connectivity index (χ3n) is 5.60. The number of ether oxygens (including phenoxy) is 3. The van der Waals surface area contributed by atoms with Crippen molar-refractivity contribution < 1.29 is 27.4 Å². The standard InChI is InChI=1S/C17H23N3O6S/c1-24-14(21)16(5-7-17(8-6-16)25-10-11-26-17)13-4-9-18-15(19-13)20-27(22,23)12-2-3-12/h4,9,12H,2-3,5-8,10-11H2,1H3,(H,18,19,20). The van der Waals surface area contributed by atoms with Crippen LogP contribution in [0.1, 0.15) is 44.2 Å². The number of nitrogens with zero attached hydrogens (tertiary/aromatic N) is 2. The molecule has 0 unspecified atom stereocenters.